The Bertz CT molecular complexity index is 718. The van der Waals surface area contributed by atoms with E-state index in [4.69, 9.17) is 28.3 Å². The minimum Gasteiger partial charge on any atom is -0.508 e. The van der Waals surface area contributed by atoms with Crippen molar-refractivity contribution in [1.29, 1.82) is 0 Å². The van der Waals surface area contributed by atoms with Crippen molar-refractivity contribution in [3.05, 3.63) is 63.6 Å². The van der Waals surface area contributed by atoms with Crippen LogP contribution in [0.25, 0.3) is 0 Å². The van der Waals surface area contributed by atoms with Gasteiger partial charge in [0.2, 0.25) is 0 Å². The second-order valence-electron chi connectivity index (χ2n) is 4.68. The number of hydrogen-bond donors (Lipinski definition) is 3. The molecular weight excluding hydrogens is 339 g/mol. The molecule has 0 saturated carbocycles. The molecule has 0 heterocycles. The summed E-state index contributed by atoms with van der Waals surface area (Å²) in [5.41, 5.74) is 0.705. The molecule has 0 aliphatic heterocycles. The van der Waals surface area contributed by atoms with E-state index in [1.807, 2.05) is 0 Å². The lowest BCUT2D eigenvalue weighted by Crippen LogP contribution is -2.34. The van der Waals surface area contributed by atoms with E-state index in [-0.39, 0.29) is 36.2 Å². The number of aromatic hydroxyl groups is 1. The summed E-state index contributed by atoms with van der Waals surface area (Å²) in [7, 11) is 0. The van der Waals surface area contributed by atoms with Crippen LogP contribution in [0.4, 0.5) is 0 Å². The maximum atomic E-state index is 12.0. The fourth-order valence-electron chi connectivity index (χ4n) is 1.83. The zero-order chi connectivity index (χ0) is 16.8. The Hall–Kier alpha value is -2.24. The smallest absolute Gasteiger partial charge is 0.252 e. The lowest BCUT2D eigenvalue weighted by Gasteiger charge is -2.08. The number of benzene rings is 2. The Morgan fingerprint density at radius 2 is 1.52 bits per heavy atom. The van der Waals surface area contributed by atoms with Crippen LogP contribution < -0.4 is 10.6 Å². The lowest BCUT2D eigenvalue weighted by atomic mass is 10.2. The van der Waals surface area contributed by atoms with E-state index in [0.29, 0.717) is 15.6 Å². The van der Waals surface area contributed by atoms with Crippen molar-refractivity contribution in [3.63, 3.8) is 0 Å². The second kappa shape index (κ2) is 7.85. The fourth-order valence-corrected chi connectivity index (χ4v) is 2.21. The summed E-state index contributed by atoms with van der Waals surface area (Å²) in [6, 6.07) is 10.5. The molecule has 23 heavy (non-hydrogen) atoms. The van der Waals surface area contributed by atoms with Gasteiger partial charge in [-0.1, -0.05) is 23.2 Å². The number of carbonyl (C=O) groups is 2. The van der Waals surface area contributed by atoms with Crippen LogP contribution >= 0.6 is 23.2 Å². The van der Waals surface area contributed by atoms with E-state index >= 15 is 0 Å². The van der Waals surface area contributed by atoms with Crippen molar-refractivity contribution < 1.29 is 14.7 Å². The van der Waals surface area contributed by atoms with Gasteiger partial charge in [-0.3, -0.25) is 9.59 Å². The third-order valence-corrected chi connectivity index (χ3v) is 3.56. The van der Waals surface area contributed by atoms with Crippen LogP contribution in [-0.4, -0.2) is 30.0 Å². The van der Waals surface area contributed by atoms with Gasteiger partial charge in [0.05, 0.1) is 10.6 Å². The first-order valence-corrected chi connectivity index (χ1v) is 7.53. The monoisotopic (exact) mass is 352 g/mol. The Morgan fingerprint density at radius 1 is 0.913 bits per heavy atom. The minimum absolute atomic E-state index is 0.0900. The summed E-state index contributed by atoms with van der Waals surface area (Å²) in [6.07, 6.45) is 0. The number of phenolic OH excluding ortho intramolecular Hbond substituents is 1. The molecule has 2 aromatic rings. The van der Waals surface area contributed by atoms with Crippen LogP contribution in [0, 0.1) is 0 Å². The molecule has 5 nitrogen and oxygen atoms in total. The predicted octanol–water partition coefficient (Wildman–Crippen LogP) is 2.86. The van der Waals surface area contributed by atoms with Crippen LogP contribution in [0.5, 0.6) is 5.75 Å². The first-order chi connectivity index (χ1) is 11.0. The molecule has 0 spiro atoms. The van der Waals surface area contributed by atoms with Crippen LogP contribution in [0.3, 0.4) is 0 Å². The first kappa shape index (κ1) is 17.1. The maximum absolute atomic E-state index is 12.0. The zero-order valence-electron chi connectivity index (χ0n) is 12.0. The van der Waals surface area contributed by atoms with Gasteiger partial charge in [0.25, 0.3) is 11.8 Å². The molecule has 0 aromatic heterocycles. The summed E-state index contributed by atoms with van der Waals surface area (Å²) < 4.78 is 0. The van der Waals surface area contributed by atoms with Gasteiger partial charge in [-0.2, -0.15) is 0 Å². The number of nitrogens with one attached hydrogen (secondary N) is 2. The van der Waals surface area contributed by atoms with Gasteiger partial charge in [0.1, 0.15) is 5.75 Å². The molecule has 3 N–H and O–H groups in total. The van der Waals surface area contributed by atoms with Crippen molar-refractivity contribution in [1.82, 2.24) is 10.6 Å². The van der Waals surface area contributed by atoms with E-state index in [1.54, 1.807) is 12.1 Å². The highest BCUT2D eigenvalue weighted by Gasteiger charge is 2.10. The molecule has 2 aromatic carbocycles. The Morgan fingerprint density at radius 3 is 2.17 bits per heavy atom. The third kappa shape index (κ3) is 4.87. The predicted molar refractivity (Wildman–Crippen MR) is 89.2 cm³/mol. The molecule has 0 unspecified atom stereocenters. The lowest BCUT2D eigenvalue weighted by molar-refractivity contribution is 0.0927. The van der Waals surface area contributed by atoms with E-state index in [1.165, 1.54) is 30.3 Å². The Kier molecular flexibility index (Phi) is 5.84. The maximum Gasteiger partial charge on any atom is 0.252 e. The van der Waals surface area contributed by atoms with Crippen LogP contribution in [0.2, 0.25) is 10.0 Å². The summed E-state index contributed by atoms with van der Waals surface area (Å²) in [5.74, 6) is -0.566. The summed E-state index contributed by atoms with van der Waals surface area (Å²) in [4.78, 5) is 23.8. The standard InChI is InChI=1S/C16H14Cl2N2O3/c17-11-3-6-14(18)13(9-11)16(23)20-8-7-19-15(22)10-1-4-12(21)5-2-10/h1-6,9,21H,7-8H2,(H,19,22)(H,20,23). The van der Waals surface area contributed by atoms with Gasteiger partial charge in [-0.05, 0) is 42.5 Å². The first-order valence-electron chi connectivity index (χ1n) is 6.78. The van der Waals surface area contributed by atoms with Gasteiger partial charge in [-0.25, -0.2) is 0 Å². The molecule has 0 aliphatic carbocycles. The molecular formula is C16H14Cl2N2O3. The number of halogens is 2. The van der Waals surface area contributed by atoms with Crippen LogP contribution in [0.1, 0.15) is 20.7 Å². The largest absolute Gasteiger partial charge is 0.508 e. The third-order valence-electron chi connectivity index (χ3n) is 3.00. The Balaban J connectivity index is 1.81. The molecule has 0 fully saturated rings. The van der Waals surface area contributed by atoms with Crippen molar-refractivity contribution in [2.45, 2.75) is 0 Å². The number of carbonyl (C=O) groups excluding carboxylic acids is 2. The number of rotatable bonds is 5. The highest BCUT2D eigenvalue weighted by Crippen LogP contribution is 2.20. The molecule has 2 amide bonds. The highest BCUT2D eigenvalue weighted by atomic mass is 35.5. The molecule has 0 bridgehead atoms. The summed E-state index contributed by atoms with van der Waals surface area (Å²) >= 11 is 11.8. The fraction of sp³-hybridized carbons (Fsp3) is 0.125. The SMILES string of the molecule is O=C(NCCNC(=O)c1cc(Cl)ccc1Cl)c1ccc(O)cc1. The number of hydrogen-bond acceptors (Lipinski definition) is 3. The van der Waals surface area contributed by atoms with Crippen LogP contribution in [0.15, 0.2) is 42.5 Å². The molecule has 0 radical (unpaired) electrons. The van der Waals surface area contributed by atoms with Gasteiger partial charge in [0.15, 0.2) is 0 Å². The molecule has 0 atom stereocenters. The molecule has 0 aliphatic rings. The van der Waals surface area contributed by atoms with Gasteiger partial charge in [0, 0.05) is 23.7 Å². The van der Waals surface area contributed by atoms with E-state index < -0.39 is 0 Å². The molecule has 0 saturated heterocycles. The topological polar surface area (TPSA) is 78.4 Å². The molecule has 120 valence electrons. The normalized spacial score (nSPS) is 10.2. The average molecular weight is 353 g/mol. The van der Waals surface area contributed by atoms with E-state index in [9.17, 15) is 9.59 Å². The van der Waals surface area contributed by atoms with Crippen LogP contribution in [-0.2, 0) is 0 Å². The quantitative estimate of drug-likeness (QED) is 0.724. The van der Waals surface area contributed by atoms with Gasteiger partial charge < -0.3 is 15.7 Å². The zero-order valence-corrected chi connectivity index (χ0v) is 13.5. The van der Waals surface area contributed by atoms with Crippen molar-refractivity contribution >= 4 is 35.0 Å². The van der Waals surface area contributed by atoms with E-state index in [0.717, 1.165) is 0 Å². The second-order valence-corrected chi connectivity index (χ2v) is 5.53. The molecule has 7 heteroatoms. The van der Waals surface area contributed by atoms with Gasteiger partial charge in [-0.15, -0.1) is 0 Å². The van der Waals surface area contributed by atoms with Crippen molar-refractivity contribution in [3.8, 4) is 5.75 Å². The minimum atomic E-state index is -0.364. The van der Waals surface area contributed by atoms with E-state index in [2.05, 4.69) is 10.6 Å². The molecule has 2 rings (SSSR count). The average Bonchev–Trinajstić information content (AvgIpc) is 2.54. The van der Waals surface area contributed by atoms with Gasteiger partial charge >= 0.3 is 0 Å². The summed E-state index contributed by atoms with van der Waals surface area (Å²) in [6.45, 7) is 0.495. The Labute approximate surface area is 143 Å². The highest BCUT2D eigenvalue weighted by molar-refractivity contribution is 6.35. The number of phenols is 1. The summed E-state index contributed by atoms with van der Waals surface area (Å²) in [5, 5.41) is 15.2. The van der Waals surface area contributed by atoms with Crippen molar-refractivity contribution in [2.75, 3.05) is 13.1 Å². The van der Waals surface area contributed by atoms with Crippen molar-refractivity contribution in [2.24, 2.45) is 0 Å². The number of amides is 2.